The molecular formula is C21H27FN2O2. The standard InChI is InChI=1S/C21H27FN2O2/c1-14-10-17(22)19-16(12-24(8-9-25)18(19)11-14)20(26)23-13-21-5-2-15(3-6-21)4-7-21/h10-12,15,25H,2-9,13H2,1H3,(H,23,26). The van der Waals surface area contributed by atoms with Gasteiger partial charge in [-0.3, -0.25) is 4.79 Å². The zero-order valence-electron chi connectivity index (χ0n) is 15.4. The van der Waals surface area contributed by atoms with Crippen molar-refractivity contribution in [2.75, 3.05) is 13.2 Å². The van der Waals surface area contributed by atoms with Crippen LogP contribution in [0.2, 0.25) is 0 Å². The topological polar surface area (TPSA) is 54.3 Å². The number of halogens is 1. The van der Waals surface area contributed by atoms with Gasteiger partial charge < -0.3 is 15.0 Å². The lowest BCUT2D eigenvalue weighted by Crippen LogP contribution is -2.43. The van der Waals surface area contributed by atoms with Gasteiger partial charge in [0.25, 0.3) is 5.91 Å². The van der Waals surface area contributed by atoms with Crippen LogP contribution >= 0.6 is 0 Å². The van der Waals surface area contributed by atoms with Gasteiger partial charge >= 0.3 is 0 Å². The molecular weight excluding hydrogens is 331 g/mol. The number of aryl methyl sites for hydroxylation is 1. The van der Waals surface area contributed by atoms with E-state index in [1.54, 1.807) is 10.8 Å². The predicted octanol–water partition coefficient (Wildman–Crippen LogP) is 3.78. The van der Waals surface area contributed by atoms with E-state index in [4.69, 9.17) is 0 Å². The maximum absolute atomic E-state index is 14.6. The third-order valence-electron chi connectivity index (χ3n) is 6.54. The number of carbonyl (C=O) groups is 1. The molecule has 2 N–H and O–H groups in total. The summed E-state index contributed by atoms with van der Waals surface area (Å²) < 4.78 is 16.4. The van der Waals surface area contributed by atoms with Crippen LogP contribution in [-0.2, 0) is 6.54 Å². The van der Waals surface area contributed by atoms with E-state index in [-0.39, 0.29) is 23.7 Å². The molecule has 2 bridgehead atoms. The lowest BCUT2D eigenvalue weighted by molar-refractivity contribution is 0.0597. The van der Waals surface area contributed by atoms with E-state index in [2.05, 4.69) is 5.32 Å². The molecule has 2 aromatic rings. The first-order chi connectivity index (χ1) is 12.5. The highest BCUT2D eigenvalue weighted by Crippen LogP contribution is 2.49. The van der Waals surface area contributed by atoms with Crippen molar-refractivity contribution in [3.63, 3.8) is 0 Å². The summed E-state index contributed by atoms with van der Waals surface area (Å²) in [6.07, 6.45) is 9.08. The van der Waals surface area contributed by atoms with Gasteiger partial charge in [-0.2, -0.15) is 0 Å². The van der Waals surface area contributed by atoms with E-state index in [9.17, 15) is 14.3 Å². The van der Waals surface area contributed by atoms with Crippen LogP contribution < -0.4 is 5.32 Å². The van der Waals surface area contributed by atoms with Crippen molar-refractivity contribution in [1.82, 2.24) is 9.88 Å². The Morgan fingerprint density at radius 1 is 1.31 bits per heavy atom. The predicted molar refractivity (Wildman–Crippen MR) is 99.7 cm³/mol. The van der Waals surface area contributed by atoms with Gasteiger partial charge in [0.1, 0.15) is 5.82 Å². The molecule has 5 heteroatoms. The number of aromatic nitrogens is 1. The summed E-state index contributed by atoms with van der Waals surface area (Å²) >= 11 is 0. The summed E-state index contributed by atoms with van der Waals surface area (Å²) in [7, 11) is 0. The number of nitrogens with zero attached hydrogens (tertiary/aromatic N) is 1. The number of amides is 1. The summed E-state index contributed by atoms with van der Waals surface area (Å²) in [6, 6.07) is 3.33. The van der Waals surface area contributed by atoms with Crippen molar-refractivity contribution in [1.29, 1.82) is 0 Å². The second-order valence-corrected chi connectivity index (χ2v) is 8.27. The largest absolute Gasteiger partial charge is 0.395 e. The molecule has 3 saturated carbocycles. The molecule has 0 unspecified atom stereocenters. The minimum Gasteiger partial charge on any atom is -0.395 e. The van der Waals surface area contributed by atoms with Gasteiger partial charge in [-0.1, -0.05) is 0 Å². The summed E-state index contributed by atoms with van der Waals surface area (Å²) in [5.74, 6) is 0.302. The third kappa shape index (κ3) is 3.02. The Labute approximate surface area is 153 Å². The number of fused-ring (bicyclic) bond motifs is 4. The van der Waals surface area contributed by atoms with Crippen molar-refractivity contribution in [3.8, 4) is 0 Å². The average molecular weight is 358 g/mol. The van der Waals surface area contributed by atoms with Crippen LogP contribution in [0, 0.1) is 24.1 Å². The van der Waals surface area contributed by atoms with Crippen molar-refractivity contribution >= 4 is 16.8 Å². The molecule has 0 spiro atoms. The molecule has 1 aromatic carbocycles. The maximum atomic E-state index is 14.6. The first-order valence-electron chi connectivity index (χ1n) is 9.69. The molecule has 3 fully saturated rings. The van der Waals surface area contributed by atoms with E-state index >= 15 is 0 Å². The van der Waals surface area contributed by atoms with Crippen molar-refractivity contribution in [2.45, 2.75) is 52.0 Å². The number of aliphatic hydroxyl groups excluding tert-OH is 1. The molecule has 140 valence electrons. The lowest BCUT2D eigenvalue weighted by Gasteiger charge is -2.46. The molecule has 26 heavy (non-hydrogen) atoms. The minimum atomic E-state index is -0.377. The monoisotopic (exact) mass is 358 g/mol. The first-order valence-corrected chi connectivity index (χ1v) is 9.69. The van der Waals surface area contributed by atoms with Crippen molar-refractivity contribution in [2.24, 2.45) is 11.3 Å². The highest BCUT2D eigenvalue weighted by molar-refractivity contribution is 6.07. The van der Waals surface area contributed by atoms with Crippen LogP contribution in [0.1, 0.15) is 54.4 Å². The van der Waals surface area contributed by atoms with Crippen LogP contribution in [0.25, 0.3) is 10.9 Å². The van der Waals surface area contributed by atoms with E-state index in [0.29, 0.717) is 29.6 Å². The molecule has 1 amide bonds. The number of hydrogen-bond acceptors (Lipinski definition) is 2. The minimum absolute atomic E-state index is 0.0509. The number of benzene rings is 1. The van der Waals surface area contributed by atoms with Gasteiger partial charge in [0.05, 0.1) is 17.7 Å². The van der Waals surface area contributed by atoms with Crippen LogP contribution in [-0.4, -0.2) is 28.7 Å². The van der Waals surface area contributed by atoms with Gasteiger partial charge in [0.15, 0.2) is 0 Å². The number of aliphatic hydroxyl groups is 1. The van der Waals surface area contributed by atoms with Crippen LogP contribution in [0.4, 0.5) is 4.39 Å². The SMILES string of the molecule is Cc1cc(F)c2c(C(=O)NCC34CCC(CC3)CC4)cn(CCO)c2c1. The van der Waals surface area contributed by atoms with Gasteiger partial charge in [-0.15, -0.1) is 0 Å². The molecule has 5 rings (SSSR count). The number of nitrogens with one attached hydrogen (secondary N) is 1. The zero-order valence-corrected chi connectivity index (χ0v) is 15.4. The Morgan fingerprint density at radius 2 is 2.00 bits per heavy atom. The Balaban J connectivity index is 1.60. The van der Waals surface area contributed by atoms with E-state index in [1.165, 1.54) is 44.6 Å². The average Bonchev–Trinajstić information content (AvgIpc) is 3.00. The third-order valence-corrected chi connectivity index (χ3v) is 6.54. The molecule has 0 radical (unpaired) electrons. The number of hydrogen-bond donors (Lipinski definition) is 2. The highest BCUT2D eigenvalue weighted by Gasteiger charge is 2.40. The van der Waals surface area contributed by atoms with E-state index in [0.717, 1.165) is 11.5 Å². The summed E-state index contributed by atoms with van der Waals surface area (Å²) in [4.78, 5) is 12.9. The van der Waals surface area contributed by atoms with E-state index < -0.39 is 0 Å². The first kappa shape index (κ1) is 17.5. The van der Waals surface area contributed by atoms with E-state index in [1.807, 2.05) is 13.0 Å². The summed E-state index contributed by atoms with van der Waals surface area (Å²) in [5.41, 5.74) is 2.07. The van der Waals surface area contributed by atoms with Crippen molar-refractivity contribution in [3.05, 3.63) is 35.3 Å². The Kier molecular flexibility index (Phi) is 4.51. The molecule has 1 aromatic heterocycles. The van der Waals surface area contributed by atoms with Crippen LogP contribution in [0.15, 0.2) is 18.3 Å². The van der Waals surface area contributed by atoms with Crippen molar-refractivity contribution < 1.29 is 14.3 Å². The molecule has 0 saturated heterocycles. The lowest BCUT2D eigenvalue weighted by atomic mass is 9.61. The number of carbonyl (C=O) groups excluding carboxylic acids is 1. The molecule has 0 aliphatic heterocycles. The summed E-state index contributed by atoms with van der Waals surface area (Å²) in [5, 5.41) is 12.7. The smallest absolute Gasteiger partial charge is 0.253 e. The van der Waals surface area contributed by atoms with Crippen LogP contribution in [0.5, 0.6) is 0 Å². The Bertz CT molecular complexity index is 820. The Morgan fingerprint density at radius 3 is 2.65 bits per heavy atom. The maximum Gasteiger partial charge on any atom is 0.253 e. The molecule has 1 heterocycles. The second kappa shape index (κ2) is 6.69. The molecule has 4 nitrogen and oxygen atoms in total. The van der Waals surface area contributed by atoms with Crippen LogP contribution in [0.3, 0.4) is 0 Å². The second-order valence-electron chi connectivity index (χ2n) is 8.27. The molecule has 0 atom stereocenters. The fraction of sp³-hybridized carbons (Fsp3) is 0.571. The summed E-state index contributed by atoms with van der Waals surface area (Å²) in [6.45, 7) is 2.80. The van der Waals surface area contributed by atoms with Gasteiger partial charge in [0, 0.05) is 24.7 Å². The van der Waals surface area contributed by atoms with Gasteiger partial charge in [-0.05, 0) is 74.5 Å². The zero-order chi connectivity index (χ0) is 18.3. The highest BCUT2D eigenvalue weighted by atomic mass is 19.1. The molecule has 3 aliphatic rings. The van der Waals surface area contributed by atoms with Gasteiger partial charge in [-0.25, -0.2) is 4.39 Å². The number of rotatable bonds is 5. The Hall–Kier alpha value is -1.88. The normalized spacial score (nSPS) is 25.0. The quantitative estimate of drug-likeness (QED) is 0.855. The van der Waals surface area contributed by atoms with Gasteiger partial charge in [0.2, 0.25) is 0 Å². The fourth-order valence-electron chi connectivity index (χ4n) is 4.94. The fourth-order valence-corrected chi connectivity index (χ4v) is 4.94. The molecule has 3 aliphatic carbocycles.